The first-order chi connectivity index (χ1) is 13.0. The van der Waals surface area contributed by atoms with Gasteiger partial charge in [0.15, 0.2) is 0 Å². The van der Waals surface area contributed by atoms with E-state index < -0.39 is 6.04 Å². The van der Waals surface area contributed by atoms with Crippen LogP contribution < -0.4 is 5.32 Å². The fourth-order valence-corrected chi connectivity index (χ4v) is 3.54. The van der Waals surface area contributed by atoms with Crippen LogP contribution in [0.4, 0.5) is 0 Å². The number of nitrogens with zero attached hydrogens (tertiary/aromatic N) is 4. The molecular formula is C19H24ClN5O2. The van der Waals surface area contributed by atoms with Gasteiger partial charge in [-0.15, -0.1) is 0 Å². The Morgan fingerprint density at radius 2 is 1.93 bits per heavy atom. The molecule has 144 valence electrons. The Labute approximate surface area is 163 Å². The molecule has 2 aromatic rings. The van der Waals surface area contributed by atoms with Gasteiger partial charge in [0.1, 0.15) is 6.04 Å². The van der Waals surface area contributed by atoms with Gasteiger partial charge in [0, 0.05) is 55.6 Å². The largest absolute Gasteiger partial charge is 0.339 e. The van der Waals surface area contributed by atoms with Crippen molar-refractivity contribution in [3.05, 3.63) is 52.8 Å². The van der Waals surface area contributed by atoms with E-state index in [0.29, 0.717) is 36.8 Å². The zero-order chi connectivity index (χ0) is 19.4. The van der Waals surface area contributed by atoms with E-state index in [1.54, 1.807) is 47.1 Å². The summed E-state index contributed by atoms with van der Waals surface area (Å²) in [6.45, 7) is 2.24. The number of rotatable bonds is 4. The zero-order valence-electron chi connectivity index (χ0n) is 15.6. The van der Waals surface area contributed by atoms with Gasteiger partial charge in [-0.05, 0) is 31.7 Å². The molecule has 1 unspecified atom stereocenters. The van der Waals surface area contributed by atoms with Crippen molar-refractivity contribution in [2.75, 3.05) is 33.2 Å². The molecule has 1 fully saturated rings. The molecule has 1 atom stereocenters. The lowest BCUT2D eigenvalue weighted by atomic mass is 10.1. The first-order valence-corrected chi connectivity index (χ1v) is 9.37. The lowest BCUT2D eigenvalue weighted by Crippen LogP contribution is -2.42. The normalized spacial score (nSPS) is 16.1. The highest BCUT2D eigenvalue weighted by molar-refractivity contribution is 6.30. The number of aryl methyl sites for hydroxylation is 1. The van der Waals surface area contributed by atoms with Gasteiger partial charge < -0.3 is 15.1 Å². The van der Waals surface area contributed by atoms with Crippen LogP contribution in [0.5, 0.6) is 0 Å². The van der Waals surface area contributed by atoms with Gasteiger partial charge in [0.2, 0.25) is 5.91 Å². The summed E-state index contributed by atoms with van der Waals surface area (Å²) in [5.74, 6) is -0.0493. The fraction of sp³-hybridized carbons (Fsp3) is 0.421. The van der Waals surface area contributed by atoms with Crippen LogP contribution in [0.15, 0.2) is 36.7 Å². The van der Waals surface area contributed by atoms with Gasteiger partial charge in [0.25, 0.3) is 5.91 Å². The van der Waals surface area contributed by atoms with Gasteiger partial charge in [-0.3, -0.25) is 14.3 Å². The van der Waals surface area contributed by atoms with Crippen molar-refractivity contribution < 1.29 is 9.59 Å². The maximum absolute atomic E-state index is 13.0. The first-order valence-electron chi connectivity index (χ1n) is 8.99. The molecule has 1 aliphatic heterocycles. The first kappa shape index (κ1) is 19.4. The Kier molecular flexibility index (Phi) is 6.13. The van der Waals surface area contributed by atoms with E-state index in [2.05, 4.69) is 10.4 Å². The minimum absolute atomic E-state index is 0.00237. The van der Waals surface area contributed by atoms with Crippen molar-refractivity contribution >= 4 is 23.4 Å². The molecule has 1 saturated heterocycles. The third-order valence-electron chi connectivity index (χ3n) is 4.76. The number of nitrogens with one attached hydrogen (secondary N) is 1. The highest BCUT2D eigenvalue weighted by Crippen LogP contribution is 2.18. The van der Waals surface area contributed by atoms with Crippen molar-refractivity contribution in [2.24, 2.45) is 7.05 Å². The number of amides is 2. The summed E-state index contributed by atoms with van der Waals surface area (Å²) < 4.78 is 1.68. The summed E-state index contributed by atoms with van der Waals surface area (Å²) >= 11 is 6.00. The van der Waals surface area contributed by atoms with Crippen LogP contribution in [0.3, 0.4) is 0 Å². The van der Waals surface area contributed by atoms with Crippen LogP contribution >= 0.6 is 11.6 Å². The maximum Gasteiger partial charge on any atom is 0.253 e. The van der Waals surface area contributed by atoms with E-state index in [0.717, 1.165) is 12.0 Å². The van der Waals surface area contributed by atoms with Crippen molar-refractivity contribution in [3.63, 3.8) is 0 Å². The second kappa shape index (κ2) is 8.54. The lowest BCUT2D eigenvalue weighted by molar-refractivity contribution is -0.133. The molecule has 3 rings (SSSR count). The second-order valence-corrected chi connectivity index (χ2v) is 7.09. The van der Waals surface area contributed by atoms with Crippen molar-refractivity contribution in [2.45, 2.75) is 12.5 Å². The lowest BCUT2D eigenvalue weighted by Gasteiger charge is -2.26. The number of benzene rings is 1. The summed E-state index contributed by atoms with van der Waals surface area (Å²) in [6.07, 6.45) is 4.28. The van der Waals surface area contributed by atoms with Crippen LogP contribution in [-0.2, 0) is 11.8 Å². The number of hydrogen-bond donors (Lipinski definition) is 1. The molecule has 1 aliphatic rings. The zero-order valence-corrected chi connectivity index (χ0v) is 16.3. The molecule has 0 spiro atoms. The predicted octanol–water partition coefficient (Wildman–Crippen LogP) is 1.71. The van der Waals surface area contributed by atoms with Crippen LogP contribution in [0.2, 0.25) is 5.02 Å². The van der Waals surface area contributed by atoms with Gasteiger partial charge in [0.05, 0.1) is 6.20 Å². The number of hydrogen-bond acceptors (Lipinski definition) is 4. The monoisotopic (exact) mass is 389 g/mol. The summed E-state index contributed by atoms with van der Waals surface area (Å²) in [5.41, 5.74) is 1.41. The molecule has 7 nitrogen and oxygen atoms in total. The molecular weight excluding hydrogens is 366 g/mol. The third-order valence-corrected chi connectivity index (χ3v) is 5.00. The fourth-order valence-electron chi connectivity index (χ4n) is 3.35. The average Bonchev–Trinajstić information content (AvgIpc) is 2.93. The molecule has 8 heteroatoms. The average molecular weight is 390 g/mol. The maximum atomic E-state index is 13.0. The van der Waals surface area contributed by atoms with Crippen LogP contribution in [0, 0.1) is 0 Å². The van der Waals surface area contributed by atoms with Crippen molar-refractivity contribution in [1.82, 2.24) is 24.9 Å². The van der Waals surface area contributed by atoms with Crippen LogP contribution in [0.1, 0.15) is 28.4 Å². The number of carbonyl (C=O) groups is 2. The Morgan fingerprint density at radius 1 is 1.19 bits per heavy atom. The molecule has 1 N–H and O–H groups in total. The van der Waals surface area contributed by atoms with Gasteiger partial charge in [-0.25, -0.2) is 0 Å². The summed E-state index contributed by atoms with van der Waals surface area (Å²) in [4.78, 5) is 29.3. The van der Waals surface area contributed by atoms with Gasteiger partial charge in [-0.2, -0.15) is 5.10 Å². The third kappa shape index (κ3) is 4.48. The van der Waals surface area contributed by atoms with E-state index in [1.807, 2.05) is 18.1 Å². The van der Waals surface area contributed by atoms with E-state index in [9.17, 15) is 9.59 Å². The molecule has 0 radical (unpaired) electrons. The predicted molar refractivity (Wildman–Crippen MR) is 104 cm³/mol. The van der Waals surface area contributed by atoms with E-state index in [1.165, 1.54) is 0 Å². The number of carbonyl (C=O) groups excluding carboxylic acids is 2. The molecule has 2 amide bonds. The van der Waals surface area contributed by atoms with Crippen molar-refractivity contribution in [3.8, 4) is 0 Å². The Morgan fingerprint density at radius 3 is 2.59 bits per heavy atom. The SMILES string of the molecule is CNC(C(=O)N1CCCN(C(=O)c2cccc(Cl)c2)CC1)c1cnn(C)c1. The Bertz CT molecular complexity index is 822. The van der Waals surface area contributed by atoms with Gasteiger partial charge in [-0.1, -0.05) is 17.7 Å². The van der Waals surface area contributed by atoms with Crippen LogP contribution in [-0.4, -0.2) is 64.6 Å². The highest BCUT2D eigenvalue weighted by Gasteiger charge is 2.28. The van der Waals surface area contributed by atoms with Crippen LogP contribution in [0.25, 0.3) is 0 Å². The van der Waals surface area contributed by atoms with Crippen molar-refractivity contribution in [1.29, 1.82) is 0 Å². The highest BCUT2D eigenvalue weighted by atomic mass is 35.5. The Hall–Kier alpha value is -2.38. The van der Waals surface area contributed by atoms with E-state index in [-0.39, 0.29) is 11.8 Å². The van der Waals surface area contributed by atoms with Gasteiger partial charge >= 0.3 is 0 Å². The molecule has 0 bridgehead atoms. The smallest absolute Gasteiger partial charge is 0.253 e. The number of likely N-dealkylation sites (N-methyl/N-ethyl adjacent to an activating group) is 1. The molecule has 2 heterocycles. The molecule has 1 aromatic carbocycles. The Balaban J connectivity index is 1.67. The van der Waals surface area contributed by atoms with E-state index in [4.69, 9.17) is 11.6 Å². The number of halogens is 1. The standard InChI is InChI=1S/C19H24ClN5O2/c1-21-17(15-12-22-23(2)13-15)19(27)25-8-4-7-24(9-10-25)18(26)14-5-3-6-16(20)11-14/h3,5-6,11-13,17,21H,4,7-10H2,1-2H3. The summed E-state index contributed by atoms with van der Waals surface area (Å²) in [5, 5.41) is 7.77. The number of aromatic nitrogens is 2. The molecule has 0 saturated carbocycles. The van der Waals surface area contributed by atoms with E-state index >= 15 is 0 Å². The molecule has 0 aliphatic carbocycles. The quantitative estimate of drug-likeness (QED) is 0.864. The summed E-state index contributed by atoms with van der Waals surface area (Å²) in [6, 6.07) is 6.53. The minimum atomic E-state index is -0.436. The second-order valence-electron chi connectivity index (χ2n) is 6.65. The molecule has 27 heavy (non-hydrogen) atoms. The minimum Gasteiger partial charge on any atom is -0.339 e. The summed E-state index contributed by atoms with van der Waals surface area (Å²) in [7, 11) is 3.59. The topological polar surface area (TPSA) is 70.5 Å². The molecule has 1 aromatic heterocycles.